The number of amides is 2. The van der Waals surface area contributed by atoms with Crippen molar-refractivity contribution in [2.45, 2.75) is 77.6 Å². The fraction of sp³-hybridized carbons (Fsp3) is 0.792. The fourth-order valence-corrected chi connectivity index (χ4v) is 8.82. The van der Waals surface area contributed by atoms with E-state index in [0.717, 1.165) is 43.5 Å². The summed E-state index contributed by atoms with van der Waals surface area (Å²) in [6.07, 6.45) is 6.90. The maximum absolute atomic E-state index is 14.7. The van der Waals surface area contributed by atoms with Gasteiger partial charge in [-0.25, -0.2) is 9.37 Å². The molecular weight excluding hydrogens is 413 g/mol. The Morgan fingerprint density at radius 3 is 2.74 bits per heavy atom. The predicted molar refractivity (Wildman–Crippen MR) is 118 cm³/mol. The summed E-state index contributed by atoms with van der Waals surface area (Å²) in [4.78, 5) is 31.4. The topological polar surface area (TPSA) is 62.3 Å². The number of carbonyl (C=O) groups excluding carboxylic acids is 2. The molecule has 1 N–H and O–H groups in total. The highest BCUT2D eigenvalue weighted by Crippen LogP contribution is 2.66. The molecule has 4 fully saturated rings. The lowest BCUT2D eigenvalue weighted by atomic mass is 9.46. The SMILES string of the molecule is CN1C(=O)[C@H](F)C[C@]2(C)[C@H]3CC[C@]4(C)[C@@H](C(=O)NCc5nccs5)CC[C@H]4[C@@H]3CC[C@@H]12. The number of alkyl halides is 1. The third-order valence-electron chi connectivity index (χ3n) is 9.73. The second kappa shape index (κ2) is 7.53. The van der Waals surface area contributed by atoms with Crippen LogP contribution in [0.2, 0.25) is 0 Å². The van der Waals surface area contributed by atoms with Gasteiger partial charge >= 0.3 is 0 Å². The molecule has 170 valence electrons. The van der Waals surface area contributed by atoms with Gasteiger partial charge in [0, 0.05) is 30.6 Å². The zero-order valence-corrected chi connectivity index (χ0v) is 19.6. The van der Waals surface area contributed by atoms with Crippen molar-refractivity contribution in [2.75, 3.05) is 7.05 Å². The number of hydrogen-bond donors (Lipinski definition) is 1. The summed E-state index contributed by atoms with van der Waals surface area (Å²) in [5.74, 6) is 1.37. The number of halogens is 1. The molecule has 4 aliphatic rings. The minimum absolute atomic E-state index is 0.0167. The van der Waals surface area contributed by atoms with Crippen LogP contribution in [0.3, 0.4) is 0 Å². The van der Waals surface area contributed by atoms with Crippen molar-refractivity contribution in [3.05, 3.63) is 16.6 Å². The smallest absolute Gasteiger partial charge is 0.257 e. The Balaban J connectivity index is 1.34. The first-order valence-corrected chi connectivity index (χ1v) is 12.7. The third kappa shape index (κ3) is 3.17. The maximum atomic E-state index is 14.7. The van der Waals surface area contributed by atoms with Gasteiger partial charge in [-0.3, -0.25) is 9.59 Å². The van der Waals surface area contributed by atoms with E-state index in [1.807, 2.05) is 5.38 Å². The first-order chi connectivity index (χ1) is 14.8. The van der Waals surface area contributed by atoms with Crippen molar-refractivity contribution in [1.29, 1.82) is 0 Å². The number of fused-ring (bicyclic) bond motifs is 5. The van der Waals surface area contributed by atoms with E-state index in [2.05, 4.69) is 24.1 Å². The van der Waals surface area contributed by atoms with Gasteiger partial charge in [0.1, 0.15) is 5.01 Å². The van der Waals surface area contributed by atoms with Crippen molar-refractivity contribution in [3.63, 3.8) is 0 Å². The highest BCUT2D eigenvalue weighted by atomic mass is 32.1. The van der Waals surface area contributed by atoms with Crippen LogP contribution >= 0.6 is 11.3 Å². The Morgan fingerprint density at radius 2 is 2.00 bits per heavy atom. The number of nitrogens with zero attached hydrogens (tertiary/aromatic N) is 2. The van der Waals surface area contributed by atoms with Gasteiger partial charge in [-0.2, -0.15) is 0 Å². The zero-order chi connectivity index (χ0) is 22.0. The van der Waals surface area contributed by atoms with Gasteiger partial charge in [0.05, 0.1) is 6.54 Å². The van der Waals surface area contributed by atoms with Gasteiger partial charge in [0.2, 0.25) is 5.91 Å². The lowest BCUT2D eigenvalue weighted by molar-refractivity contribution is -0.169. The summed E-state index contributed by atoms with van der Waals surface area (Å²) in [7, 11) is 1.79. The van der Waals surface area contributed by atoms with Crippen LogP contribution in [0.25, 0.3) is 0 Å². The number of piperidine rings is 1. The van der Waals surface area contributed by atoms with Crippen LogP contribution in [0.1, 0.15) is 63.8 Å². The second-order valence-electron chi connectivity index (χ2n) is 10.9. The van der Waals surface area contributed by atoms with Crippen LogP contribution in [0.15, 0.2) is 11.6 Å². The summed E-state index contributed by atoms with van der Waals surface area (Å²) in [5.41, 5.74) is -0.139. The molecule has 5 nitrogen and oxygen atoms in total. The predicted octanol–water partition coefficient (Wildman–Crippen LogP) is 4.19. The van der Waals surface area contributed by atoms with E-state index in [9.17, 15) is 14.0 Å². The molecule has 7 heteroatoms. The Bertz CT molecular complexity index is 863. The van der Waals surface area contributed by atoms with Crippen LogP contribution in [-0.2, 0) is 16.1 Å². The highest BCUT2D eigenvalue weighted by molar-refractivity contribution is 7.09. The summed E-state index contributed by atoms with van der Waals surface area (Å²) < 4.78 is 14.7. The van der Waals surface area contributed by atoms with E-state index in [1.165, 1.54) is 0 Å². The Hall–Kier alpha value is -1.50. The van der Waals surface area contributed by atoms with Crippen molar-refractivity contribution in [2.24, 2.45) is 34.5 Å². The monoisotopic (exact) mass is 447 g/mol. The van der Waals surface area contributed by atoms with E-state index in [-0.39, 0.29) is 34.6 Å². The number of carbonyl (C=O) groups is 2. The van der Waals surface area contributed by atoms with E-state index in [4.69, 9.17) is 0 Å². The molecule has 2 heterocycles. The molecule has 3 saturated carbocycles. The summed E-state index contributed by atoms with van der Waals surface area (Å²) >= 11 is 1.57. The molecule has 31 heavy (non-hydrogen) atoms. The maximum Gasteiger partial charge on any atom is 0.257 e. The number of rotatable bonds is 3. The first-order valence-electron chi connectivity index (χ1n) is 11.8. The van der Waals surface area contributed by atoms with Crippen molar-refractivity contribution in [1.82, 2.24) is 15.2 Å². The van der Waals surface area contributed by atoms with Crippen LogP contribution in [0, 0.1) is 34.5 Å². The average Bonchev–Trinajstić information content (AvgIpc) is 3.37. The Morgan fingerprint density at radius 1 is 1.23 bits per heavy atom. The van der Waals surface area contributed by atoms with E-state index in [0.29, 0.717) is 30.7 Å². The van der Waals surface area contributed by atoms with Crippen LogP contribution in [0.5, 0.6) is 0 Å². The normalized spacial score (nSPS) is 44.4. The summed E-state index contributed by atoms with van der Waals surface area (Å²) in [5, 5.41) is 6.02. The molecule has 1 saturated heterocycles. The van der Waals surface area contributed by atoms with Crippen molar-refractivity contribution in [3.8, 4) is 0 Å². The summed E-state index contributed by atoms with van der Waals surface area (Å²) in [6.45, 7) is 5.08. The largest absolute Gasteiger partial charge is 0.349 e. The van der Waals surface area contributed by atoms with Gasteiger partial charge in [0.15, 0.2) is 6.17 Å². The van der Waals surface area contributed by atoms with Gasteiger partial charge < -0.3 is 10.2 Å². The first kappa shape index (κ1) is 21.4. The second-order valence-corrected chi connectivity index (χ2v) is 11.9. The van der Waals surface area contributed by atoms with Crippen LogP contribution < -0.4 is 5.32 Å². The minimum Gasteiger partial charge on any atom is -0.349 e. The van der Waals surface area contributed by atoms with Gasteiger partial charge in [0.25, 0.3) is 5.91 Å². The lowest BCUT2D eigenvalue weighted by Crippen LogP contribution is -2.64. The van der Waals surface area contributed by atoms with E-state index < -0.39 is 6.17 Å². The molecule has 1 aromatic heterocycles. The molecule has 0 aromatic carbocycles. The molecule has 5 rings (SSSR count). The van der Waals surface area contributed by atoms with E-state index >= 15 is 0 Å². The Labute approximate surface area is 188 Å². The molecular formula is C24H34FN3O2S. The number of hydrogen-bond acceptors (Lipinski definition) is 4. The summed E-state index contributed by atoms with van der Waals surface area (Å²) in [6, 6.07) is 0.149. The minimum atomic E-state index is -1.37. The fourth-order valence-electron chi connectivity index (χ4n) is 8.26. The molecule has 0 radical (unpaired) electrons. The molecule has 0 bridgehead atoms. The number of thiazole rings is 1. The average molecular weight is 448 g/mol. The van der Waals surface area contributed by atoms with Gasteiger partial charge in [-0.05, 0) is 73.5 Å². The van der Waals surface area contributed by atoms with E-state index in [1.54, 1.807) is 29.5 Å². The molecule has 2 amide bonds. The molecule has 1 aliphatic heterocycles. The number of aromatic nitrogens is 1. The molecule has 1 aromatic rings. The highest BCUT2D eigenvalue weighted by Gasteiger charge is 2.63. The molecule has 0 unspecified atom stereocenters. The van der Waals surface area contributed by atoms with Crippen molar-refractivity contribution >= 4 is 23.2 Å². The zero-order valence-electron chi connectivity index (χ0n) is 18.8. The molecule has 8 atom stereocenters. The van der Waals surface area contributed by atoms with Gasteiger partial charge in [-0.15, -0.1) is 11.3 Å². The molecule has 0 spiro atoms. The van der Waals surface area contributed by atoms with Crippen LogP contribution in [0.4, 0.5) is 4.39 Å². The van der Waals surface area contributed by atoms with Gasteiger partial charge in [-0.1, -0.05) is 13.8 Å². The number of likely N-dealkylation sites (tertiary alicyclic amines) is 1. The Kier molecular flexibility index (Phi) is 5.19. The molecule has 3 aliphatic carbocycles. The van der Waals surface area contributed by atoms with Crippen LogP contribution in [-0.4, -0.2) is 41.0 Å². The standard InChI is InChI=1S/C24H34FN3O2S/c1-23-9-8-16-14(4-7-19-24(16,2)12-18(25)22(30)28(19)3)15(23)5-6-17(23)21(29)27-13-20-26-10-11-31-20/h10-11,14-19H,4-9,12-13H2,1-3H3,(H,27,29)/t14-,15-,16-,17+,18+,19+,23-,24+/m0/s1. The quantitative estimate of drug-likeness (QED) is 0.756. The van der Waals surface area contributed by atoms with Crippen molar-refractivity contribution < 1.29 is 14.0 Å². The third-order valence-corrected chi connectivity index (χ3v) is 10.5. The lowest BCUT2D eigenvalue weighted by Gasteiger charge is -2.62. The number of nitrogens with one attached hydrogen (secondary N) is 1.